The topological polar surface area (TPSA) is 21.3 Å². The van der Waals surface area contributed by atoms with E-state index in [4.69, 9.17) is 16.3 Å². The number of hydrogen-bond acceptors (Lipinski definition) is 2. The summed E-state index contributed by atoms with van der Waals surface area (Å²) in [7, 11) is 0. The molecule has 0 spiro atoms. The minimum atomic E-state index is 0.436. The lowest BCUT2D eigenvalue weighted by Gasteiger charge is -2.25. The Morgan fingerprint density at radius 1 is 1.25 bits per heavy atom. The Morgan fingerprint density at radius 2 is 1.94 bits per heavy atom. The highest BCUT2D eigenvalue weighted by Gasteiger charge is 2.18. The molecular weight excluding hydrogens is 222 g/mol. The Kier molecular flexibility index (Phi) is 7.42. The van der Waals surface area contributed by atoms with Crippen LogP contribution >= 0.6 is 11.6 Å². The average molecular weight is 248 g/mol. The lowest BCUT2D eigenvalue weighted by molar-refractivity contribution is 0.111. The monoisotopic (exact) mass is 247 g/mol. The van der Waals surface area contributed by atoms with Gasteiger partial charge in [-0.15, -0.1) is 11.6 Å². The van der Waals surface area contributed by atoms with Crippen molar-refractivity contribution in [2.24, 2.45) is 11.8 Å². The van der Waals surface area contributed by atoms with Crippen LogP contribution in [0.15, 0.2) is 0 Å². The maximum Gasteiger partial charge on any atom is 0.0591 e. The normalized spacial score (nSPS) is 26.2. The molecule has 1 N–H and O–H groups in total. The lowest BCUT2D eigenvalue weighted by Crippen LogP contribution is -2.29. The van der Waals surface area contributed by atoms with E-state index in [1.165, 1.54) is 25.7 Å². The number of halogens is 1. The van der Waals surface area contributed by atoms with Gasteiger partial charge in [0, 0.05) is 18.5 Å². The summed E-state index contributed by atoms with van der Waals surface area (Å²) in [5.74, 6) is 1.47. The molecule has 0 bridgehead atoms. The van der Waals surface area contributed by atoms with Gasteiger partial charge in [0.05, 0.1) is 6.61 Å². The van der Waals surface area contributed by atoms with Crippen LogP contribution in [0, 0.1) is 11.8 Å². The van der Waals surface area contributed by atoms with E-state index in [0.717, 1.165) is 32.2 Å². The summed E-state index contributed by atoms with van der Waals surface area (Å²) in [6, 6.07) is 0. The van der Waals surface area contributed by atoms with Crippen molar-refractivity contribution in [2.75, 3.05) is 26.3 Å². The first kappa shape index (κ1) is 14.3. The molecule has 1 aliphatic rings. The molecule has 96 valence electrons. The van der Waals surface area contributed by atoms with Gasteiger partial charge in [0.25, 0.3) is 0 Å². The van der Waals surface area contributed by atoms with E-state index in [1.54, 1.807) is 0 Å². The van der Waals surface area contributed by atoms with Gasteiger partial charge in [-0.3, -0.25) is 0 Å². The number of rotatable bonds is 7. The maximum atomic E-state index is 6.07. The van der Waals surface area contributed by atoms with E-state index in [1.807, 2.05) is 0 Å². The Balaban J connectivity index is 1.87. The van der Waals surface area contributed by atoms with Crippen LogP contribution in [-0.4, -0.2) is 31.7 Å². The molecule has 0 atom stereocenters. The van der Waals surface area contributed by atoms with Crippen LogP contribution < -0.4 is 5.32 Å². The molecule has 1 aliphatic carbocycles. The van der Waals surface area contributed by atoms with E-state index in [-0.39, 0.29) is 0 Å². The molecule has 0 radical (unpaired) electrons. The third-order valence-corrected chi connectivity index (χ3v) is 3.52. The molecule has 0 heterocycles. The fraction of sp³-hybridized carbons (Fsp3) is 1.00. The van der Waals surface area contributed by atoms with Gasteiger partial charge in [-0.05, 0) is 44.1 Å². The SMILES string of the molecule is CC(C)COCCNCC1CCC(Cl)CC1. The van der Waals surface area contributed by atoms with Gasteiger partial charge in [-0.25, -0.2) is 0 Å². The van der Waals surface area contributed by atoms with Crippen LogP contribution in [0.5, 0.6) is 0 Å². The van der Waals surface area contributed by atoms with Gasteiger partial charge >= 0.3 is 0 Å². The predicted octanol–water partition coefficient (Wildman–Crippen LogP) is 3.05. The number of ether oxygens (including phenoxy) is 1. The fourth-order valence-electron chi connectivity index (χ4n) is 2.10. The van der Waals surface area contributed by atoms with Gasteiger partial charge < -0.3 is 10.1 Å². The Morgan fingerprint density at radius 3 is 2.56 bits per heavy atom. The van der Waals surface area contributed by atoms with Crippen molar-refractivity contribution in [2.45, 2.75) is 44.9 Å². The third kappa shape index (κ3) is 6.72. The zero-order chi connectivity index (χ0) is 11.8. The third-order valence-electron chi connectivity index (χ3n) is 3.08. The molecule has 0 unspecified atom stereocenters. The summed E-state index contributed by atoms with van der Waals surface area (Å²) in [5, 5.41) is 3.91. The van der Waals surface area contributed by atoms with Crippen molar-refractivity contribution >= 4 is 11.6 Å². The van der Waals surface area contributed by atoms with Crippen LogP contribution in [0.2, 0.25) is 0 Å². The van der Waals surface area contributed by atoms with Crippen LogP contribution in [-0.2, 0) is 4.74 Å². The van der Waals surface area contributed by atoms with E-state index in [0.29, 0.717) is 11.3 Å². The first-order valence-corrected chi connectivity index (χ1v) is 7.04. The Labute approximate surface area is 105 Å². The second kappa shape index (κ2) is 8.32. The standard InChI is InChI=1S/C13H26ClNO/c1-11(2)10-16-8-7-15-9-12-3-5-13(14)6-4-12/h11-13,15H,3-10H2,1-2H3. The quantitative estimate of drug-likeness (QED) is 0.552. The van der Waals surface area contributed by atoms with E-state index in [9.17, 15) is 0 Å². The highest BCUT2D eigenvalue weighted by atomic mass is 35.5. The smallest absolute Gasteiger partial charge is 0.0591 e. The Hall–Kier alpha value is 0.210. The lowest BCUT2D eigenvalue weighted by atomic mass is 9.89. The minimum absolute atomic E-state index is 0.436. The zero-order valence-corrected chi connectivity index (χ0v) is 11.4. The summed E-state index contributed by atoms with van der Waals surface area (Å²) in [6.45, 7) is 8.18. The summed E-state index contributed by atoms with van der Waals surface area (Å²) in [5.41, 5.74) is 0. The molecule has 2 nitrogen and oxygen atoms in total. The maximum absolute atomic E-state index is 6.07. The van der Waals surface area contributed by atoms with Gasteiger partial charge in [-0.1, -0.05) is 13.8 Å². The molecule has 0 aromatic carbocycles. The highest BCUT2D eigenvalue weighted by Crippen LogP contribution is 2.26. The second-order valence-corrected chi connectivity index (χ2v) is 5.91. The predicted molar refractivity (Wildman–Crippen MR) is 70.1 cm³/mol. The van der Waals surface area contributed by atoms with Crippen molar-refractivity contribution < 1.29 is 4.74 Å². The average Bonchev–Trinajstić information content (AvgIpc) is 2.25. The van der Waals surface area contributed by atoms with Gasteiger partial charge in [0.2, 0.25) is 0 Å². The van der Waals surface area contributed by atoms with Crippen LogP contribution in [0.25, 0.3) is 0 Å². The molecule has 1 fully saturated rings. The first-order valence-electron chi connectivity index (χ1n) is 6.61. The van der Waals surface area contributed by atoms with E-state index < -0.39 is 0 Å². The minimum Gasteiger partial charge on any atom is -0.380 e. The molecular formula is C13H26ClNO. The molecule has 3 heteroatoms. The fourth-order valence-corrected chi connectivity index (χ4v) is 2.35. The summed E-state index contributed by atoms with van der Waals surface area (Å²) in [4.78, 5) is 0. The van der Waals surface area contributed by atoms with E-state index >= 15 is 0 Å². The highest BCUT2D eigenvalue weighted by molar-refractivity contribution is 6.20. The molecule has 16 heavy (non-hydrogen) atoms. The zero-order valence-electron chi connectivity index (χ0n) is 10.7. The summed E-state index contributed by atoms with van der Waals surface area (Å²) in [6.07, 6.45) is 4.96. The van der Waals surface area contributed by atoms with Crippen LogP contribution in [0.1, 0.15) is 39.5 Å². The first-order chi connectivity index (χ1) is 7.68. The van der Waals surface area contributed by atoms with Crippen molar-refractivity contribution in [3.63, 3.8) is 0 Å². The van der Waals surface area contributed by atoms with Gasteiger partial charge in [0.1, 0.15) is 0 Å². The van der Waals surface area contributed by atoms with Crippen molar-refractivity contribution in [1.29, 1.82) is 0 Å². The molecule has 0 aromatic heterocycles. The number of nitrogens with one attached hydrogen (secondary N) is 1. The molecule has 0 saturated heterocycles. The van der Waals surface area contributed by atoms with Crippen LogP contribution in [0.3, 0.4) is 0 Å². The van der Waals surface area contributed by atoms with Gasteiger partial charge in [-0.2, -0.15) is 0 Å². The largest absolute Gasteiger partial charge is 0.380 e. The molecule has 0 aromatic rings. The molecule has 0 amide bonds. The van der Waals surface area contributed by atoms with Crippen molar-refractivity contribution in [3.05, 3.63) is 0 Å². The number of hydrogen-bond donors (Lipinski definition) is 1. The van der Waals surface area contributed by atoms with E-state index in [2.05, 4.69) is 19.2 Å². The second-order valence-electron chi connectivity index (χ2n) is 5.29. The molecule has 1 rings (SSSR count). The van der Waals surface area contributed by atoms with Gasteiger partial charge in [0.15, 0.2) is 0 Å². The van der Waals surface area contributed by atoms with Crippen molar-refractivity contribution in [3.8, 4) is 0 Å². The van der Waals surface area contributed by atoms with Crippen molar-refractivity contribution in [1.82, 2.24) is 5.32 Å². The summed E-state index contributed by atoms with van der Waals surface area (Å²) < 4.78 is 5.52. The number of alkyl halides is 1. The molecule has 1 saturated carbocycles. The molecule has 0 aliphatic heterocycles. The van der Waals surface area contributed by atoms with Crippen LogP contribution in [0.4, 0.5) is 0 Å². The Bertz CT molecular complexity index is 167. The summed E-state index contributed by atoms with van der Waals surface area (Å²) >= 11 is 6.07.